The van der Waals surface area contributed by atoms with Crippen LogP contribution in [0.3, 0.4) is 0 Å². The van der Waals surface area contributed by atoms with Gasteiger partial charge in [0.2, 0.25) is 0 Å². The zero-order valence-electron chi connectivity index (χ0n) is 9.74. The lowest BCUT2D eigenvalue weighted by Gasteiger charge is -2.34. The Bertz CT molecular complexity index is 198. The van der Waals surface area contributed by atoms with E-state index in [-0.39, 0.29) is 0 Å². The largest absolute Gasteiger partial charge is 0.377 e. The minimum absolute atomic E-state index is 0.380. The first-order valence-corrected chi connectivity index (χ1v) is 6.39. The van der Waals surface area contributed by atoms with Gasteiger partial charge in [-0.05, 0) is 38.6 Å². The standard InChI is InChI=1S/C12H24N2O/c1-9-11(6-7-15-9)14-12-5-3-2-4-10(12)8-13/h9-12,14H,2-8,13H2,1H3. The molecule has 88 valence electrons. The molecule has 4 unspecified atom stereocenters. The van der Waals surface area contributed by atoms with Crippen LogP contribution in [-0.2, 0) is 4.74 Å². The Morgan fingerprint density at radius 1 is 1.20 bits per heavy atom. The molecular formula is C12H24N2O. The molecule has 2 rings (SSSR count). The molecule has 0 spiro atoms. The molecule has 1 aliphatic heterocycles. The molecule has 0 amide bonds. The normalized spacial score (nSPS) is 42.0. The van der Waals surface area contributed by atoms with Crippen molar-refractivity contribution in [1.82, 2.24) is 5.32 Å². The molecule has 0 radical (unpaired) electrons. The van der Waals surface area contributed by atoms with E-state index in [9.17, 15) is 0 Å². The van der Waals surface area contributed by atoms with Crippen LogP contribution in [0.2, 0.25) is 0 Å². The van der Waals surface area contributed by atoms with Gasteiger partial charge < -0.3 is 15.8 Å². The number of ether oxygens (including phenoxy) is 1. The highest BCUT2D eigenvalue weighted by molar-refractivity contribution is 4.88. The van der Waals surface area contributed by atoms with E-state index < -0.39 is 0 Å². The lowest BCUT2D eigenvalue weighted by Crippen LogP contribution is -2.48. The summed E-state index contributed by atoms with van der Waals surface area (Å²) in [5.74, 6) is 0.687. The maximum Gasteiger partial charge on any atom is 0.0700 e. The number of rotatable bonds is 3. The van der Waals surface area contributed by atoms with Crippen LogP contribution >= 0.6 is 0 Å². The monoisotopic (exact) mass is 212 g/mol. The number of hydrogen-bond donors (Lipinski definition) is 2. The fraction of sp³-hybridized carbons (Fsp3) is 1.00. The summed E-state index contributed by atoms with van der Waals surface area (Å²) >= 11 is 0. The van der Waals surface area contributed by atoms with Crippen LogP contribution in [0.1, 0.15) is 39.0 Å². The lowest BCUT2D eigenvalue weighted by atomic mass is 9.84. The van der Waals surface area contributed by atoms with Crippen molar-refractivity contribution in [3.8, 4) is 0 Å². The Hall–Kier alpha value is -0.120. The number of nitrogens with two attached hydrogens (primary N) is 1. The van der Waals surface area contributed by atoms with Crippen LogP contribution in [0.5, 0.6) is 0 Å². The van der Waals surface area contributed by atoms with Gasteiger partial charge >= 0.3 is 0 Å². The smallest absolute Gasteiger partial charge is 0.0700 e. The van der Waals surface area contributed by atoms with Gasteiger partial charge in [0, 0.05) is 18.7 Å². The highest BCUT2D eigenvalue weighted by atomic mass is 16.5. The van der Waals surface area contributed by atoms with Crippen molar-refractivity contribution in [3.05, 3.63) is 0 Å². The summed E-state index contributed by atoms with van der Waals surface area (Å²) in [5.41, 5.74) is 5.83. The molecule has 1 saturated heterocycles. The molecule has 0 aromatic rings. The second-order valence-corrected chi connectivity index (χ2v) is 5.02. The zero-order valence-corrected chi connectivity index (χ0v) is 9.74. The summed E-state index contributed by atoms with van der Waals surface area (Å²) in [7, 11) is 0. The van der Waals surface area contributed by atoms with E-state index in [1.165, 1.54) is 25.7 Å². The van der Waals surface area contributed by atoms with Gasteiger partial charge in [-0.15, -0.1) is 0 Å². The average Bonchev–Trinajstić information content (AvgIpc) is 2.65. The van der Waals surface area contributed by atoms with E-state index in [4.69, 9.17) is 10.5 Å². The first-order chi connectivity index (χ1) is 7.31. The van der Waals surface area contributed by atoms with Gasteiger partial charge in [0.15, 0.2) is 0 Å². The Balaban J connectivity index is 1.85. The molecule has 4 atom stereocenters. The molecule has 0 aromatic carbocycles. The number of hydrogen-bond acceptors (Lipinski definition) is 3. The fourth-order valence-corrected chi connectivity index (χ4v) is 2.93. The third kappa shape index (κ3) is 2.71. The predicted molar refractivity (Wildman–Crippen MR) is 61.8 cm³/mol. The summed E-state index contributed by atoms with van der Waals surface area (Å²) in [5, 5.41) is 3.76. The van der Waals surface area contributed by atoms with Gasteiger partial charge in [-0.3, -0.25) is 0 Å². The van der Waals surface area contributed by atoms with E-state index in [1.54, 1.807) is 0 Å². The van der Waals surface area contributed by atoms with Gasteiger partial charge in [0.1, 0.15) is 0 Å². The quantitative estimate of drug-likeness (QED) is 0.740. The van der Waals surface area contributed by atoms with Crippen LogP contribution < -0.4 is 11.1 Å². The van der Waals surface area contributed by atoms with Crippen molar-refractivity contribution < 1.29 is 4.74 Å². The molecule has 1 saturated carbocycles. The Morgan fingerprint density at radius 2 is 2.00 bits per heavy atom. The summed E-state index contributed by atoms with van der Waals surface area (Å²) in [4.78, 5) is 0. The Morgan fingerprint density at radius 3 is 2.67 bits per heavy atom. The molecule has 2 aliphatic rings. The highest BCUT2D eigenvalue weighted by Gasteiger charge is 2.30. The molecule has 3 heteroatoms. The van der Waals surface area contributed by atoms with Gasteiger partial charge in [-0.1, -0.05) is 12.8 Å². The third-order valence-electron chi connectivity index (χ3n) is 4.02. The number of nitrogens with one attached hydrogen (secondary N) is 1. The van der Waals surface area contributed by atoms with Crippen molar-refractivity contribution >= 4 is 0 Å². The summed E-state index contributed by atoms with van der Waals surface area (Å²) in [6.07, 6.45) is 6.86. The second kappa shape index (κ2) is 5.28. The molecule has 3 nitrogen and oxygen atoms in total. The minimum Gasteiger partial charge on any atom is -0.377 e. The van der Waals surface area contributed by atoms with Crippen LogP contribution in [0.15, 0.2) is 0 Å². The van der Waals surface area contributed by atoms with Crippen LogP contribution in [0.4, 0.5) is 0 Å². The van der Waals surface area contributed by atoms with E-state index >= 15 is 0 Å². The van der Waals surface area contributed by atoms with Crippen molar-refractivity contribution in [2.24, 2.45) is 11.7 Å². The van der Waals surface area contributed by atoms with Crippen molar-refractivity contribution in [2.45, 2.75) is 57.2 Å². The van der Waals surface area contributed by atoms with E-state index in [0.717, 1.165) is 19.6 Å². The van der Waals surface area contributed by atoms with Crippen molar-refractivity contribution in [1.29, 1.82) is 0 Å². The van der Waals surface area contributed by atoms with Gasteiger partial charge in [0.05, 0.1) is 6.10 Å². The highest BCUT2D eigenvalue weighted by Crippen LogP contribution is 2.25. The Labute approximate surface area is 92.7 Å². The average molecular weight is 212 g/mol. The molecule has 3 N–H and O–H groups in total. The maximum absolute atomic E-state index is 5.83. The van der Waals surface area contributed by atoms with Gasteiger partial charge in [0.25, 0.3) is 0 Å². The van der Waals surface area contributed by atoms with Crippen LogP contribution in [-0.4, -0.2) is 31.3 Å². The first kappa shape index (κ1) is 11.4. The molecule has 15 heavy (non-hydrogen) atoms. The second-order valence-electron chi connectivity index (χ2n) is 5.02. The van der Waals surface area contributed by atoms with E-state index in [0.29, 0.717) is 24.1 Å². The zero-order chi connectivity index (χ0) is 10.7. The van der Waals surface area contributed by atoms with Gasteiger partial charge in [-0.25, -0.2) is 0 Å². The molecule has 1 aliphatic carbocycles. The topological polar surface area (TPSA) is 47.3 Å². The van der Waals surface area contributed by atoms with Crippen LogP contribution in [0.25, 0.3) is 0 Å². The van der Waals surface area contributed by atoms with E-state index in [2.05, 4.69) is 12.2 Å². The van der Waals surface area contributed by atoms with Gasteiger partial charge in [-0.2, -0.15) is 0 Å². The molecule has 0 aromatic heterocycles. The molecular weight excluding hydrogens is 188 g/mol. The SMILES string of the molecule is CC1OCCC1NC1CCCCC1CN. The summed E-state index contributed by atoms with van der Waals surface area (Å²) in [6, 6.07) is 1.19. The van der Waals surface area contributed by atoms with Crippen LogP contribution in [0, 0.1) is 5.92 Å². The lowest BCUT2D eigenvalue weighted by molar-refractivity contribution is 0.106. The fourth-order valence-electron chi connectivity index (χ4n) is 2.93. The predicted octanol–water partition coefficient (Wildman–Crippen LogP) is 1.27. The van der Waals surface area contributed by atoms with Crippen molar-refractivity contribution in [2.75, 3.05) is 13.2 Å². The Kier molecular flexibility index (Phi) is 4.00. The minimum atomic E-state index is 0.380. The van der Waals surface area contributed by atoms with Crippen molar-refractivity contribution in [3.63, 3.8) is 0 Å². The maximum atomic E-state index is 5.83. The molecule has 0 bridgehead atoms. The summed E-state index contributed by atoms with van der Waals surface area (Å²) in [6.45, 7) is 3.92. The van der Waals surface area contributed by atoms with E-state index in [1.807, 2.05) is 0 Å². The third-order valence-corrected chi connectivity index (χ3v) is 4.02. The molecule has 1 heterocycles. The first-order valence-electron chi connectivity index (χ1n) is 6.39. The molecule has 2 fully saturated rings. The summed E-state index contributed by atoms with van der Waals surface area (Å²) < 4.78 is 5.58.